The molecule has 2 N–H and O–H groups in total. The van der Waals surface area contributed by atoms with E-state index >= 15 is 0 Å². The van der Waals surface area contributed by atoms with Gasteiger partial charge in [0.05, 0.1) is 5.69 Å². The SMILES string of the molecule is CCc1noc(CC)c1CNC(=NC)NCCN(C)S(=O)(=O)c1cccs1. The summed E-state index contributed by atoms with van der Waals surface area (Å²) >= 11 is 1.22. The first-order valence-corrected chi connectivity index (χ1v) is 11.2. The van der Waals surface area contributed by atoms with Crippen molar-refractivity contribution in [3.05, 3.63) is 34.5 Å². The Morgan fingerprint density at radius 1 is 1.33 bits per heavy atom. The lowest BCUT2D eigenvalue weighted by Crippen LogP contribution is -2.41. The van der Waals surface area contributed by atoms with Crippen molar-refractivity contribution in [1.82, 2.24) is 20.1 Å². The second kappa shape index (κ2) is 9.86. The molecule has 0 unspecified atom stereocenters. The number of nitrogens with zero attached hydrogens (tertiary/aromatic N) is 3. The molecule has 2 aromatic heterocycles. The van der Waals surface area contributed by atoms with Crippen LogP contribution in [0.2, 0.25) is 0 Å². The zero-order valence-corrected chi connectivity index (χ0v) is 17.8. The third-order valence-electron chi connectivity index (χ3n) is 4.14. The summed E-state index contributed by atoms with van der Waals surface area (Å²) < 4.78 is 31.9. The van der Waals surface area contributed by atoms with E-state index in [4.69, 9.17) is 4.52 Å². The Morgan fingerprint density at radius 3 is 2.70 bits per heavy atom. The first kappa shape index (κ1) is 21.4. The van der Waals surface area contributed by atoms with Gasteiger partial charge >= 0.3 is 0 Å². The second-order valence-corrected chi connectivity index (χ2v) is 9.07. The molecule has 2 heterocycles. The van der Waals surface area contributed by atoms with E-state index in [0.29, 0.717) is 29.8 Å². The van der Waals surface area contributed by atoms with Crippen LogP contribution >= 0.6 is 11.3 Å². The Morgan fingerprint density at radius 2 is 2.11 bits per heavy atom. The Balaban J connectivity index is 1.87. The number of guanidine groups is 1. The molecule has 0 aliphatic rings. The summed E-state index contributed by atoms with van der Waals surface area (Å²) in [7, 11) is -0.184. The smallest absolute Gasteiger partial charge is 0.252 e. The molecule has 10 heteroatoms. The van der Waals surface area contributed by atoms with Crippen LogP contribution < -0.4 is 10.6 Å². The van der Waals surface area contributed by atoms with Crippen LogP contribution in [0.3, 0.4) is 0 Å². The van der Waals surface area contributed by atoms with Crippen molar-refractivity contribution in [3.8, 4) is 0 Å². The first-order valence-electron chi connectivity index (χ1n) is 8.84. The summed E-state index contributed by atoms with van der Waals surface area (Å²) in [4.78, 5) is 4.18. The van der Waals surface area contributed by atoms with Crippen LogP contribution in [0.15, 0.2) is 31.2 Å². The highest BCUT2D eigenvalue weighted by atomic mass is 32.2. The van der Waals surface area contributed by atoms with Crippen LogP contribution in [-0.2, 0) is 29.4 Å². The van der Waals surface area contributed by atoms with Crippen LogP contribution in [-0.4, -0.2) is 51.0 Å². The van der Waals surface area contributed by atoms with Gasteiger partial charge < -0.3 is 15.2 Å². The molecule has 0 saturated heterocycles. The molecule has 0 aromatic carbocycles. The maximum absolute atomic E-state index is 12.4. The van der Waals surface area contributed by atoms with Crippen molar-refractivity contribution in [2.24, 2.45) is 4.99 Å². The molecule has 2 rings (SSSR count). The number of hydrogen-bond donors (Lipinski definition) is 2. The maximum Gasteiger partial charge on any atom is 0.252 e. The zero-order valence-electron chi connectivity index (χ0n) is 16.2. The number of sulfonamides is 1. The number of likely N-dealkylation sites (N-methyl/N-ethyl adjacent to an activating group) is 1. The average molecular weight is 414 g/mol. The largest absolute Gasteiger partial charge is 0.361 e. The molecule has 0 fully saturated rings. The van der Waals surface area contributed by atoms with Crippen molar-refractivity contribution >= 4 is 27.3 Å². The molecule has 27 heavy (non-hydrogen) atoms. The second-order valence-electron chi connectivity index (χ2n) is 5.85. The number of aliphatic imine (C=N–C) groups is 1. The quantitative estimate of drug-likeness (QED) is 0.481. The summed E-state index contributed by atoms with van der Waals surface area (Å²) in [5, 5.41) is 12.2. The van der Waals surface area contributed by atoms with Gasteiger partial charge in [-0.3, -0.25) is 4.99 Å². The molecule has 0 bridgehead atoms. The topological polar surface area (TPSA) is 99.8 Å². The van der Waals surface area contributed by atoms with Gasteiger partial charge in [0.1, 0.15) is 9.97 Å². The van der Waals surface area contributed by atoms with Crippen LogP contribution in [0.5, 0.6) is 0 Å². The minimum atomic E-state index is -3.44. The monoisotopic (exact) mass is 413 g/mol. The number of nitrogens with one attached hydrogen (secondary N) is 2. The minimum absolute atomic E-state index is 0.328. The van der Waals surface area contributed by atoms with E-state index in [2.05, 4.69) is 20.8 Å². The van der Waals surface area contributed by atoms with Crippen LogP contribution in [0.1, 0.15) is 30.9 Å². The van der Waals surface area contributed by atoms with E-state index in [1.54, 1.807) is 31.6 Å². The van der Waals surface area contributed by atoms with Gasteiger partial charge in [0.25, 0.3) is 10.0 Å². The summed E-state index contributed by atoms with van der Waals surface area (Å²) in [6.07, 6.45) is 1.58. The molecule has 2 aromatic rings. The fraction of sp³-hybridized carbons (Fsp3) is 0.529. The molecular formula is C17H27N5O3S2. The van der Waals surface area contributed by atoms with Crippen molar-refractivity contribution in [2.75, 3.05) is 27.2 Å². The lowest BCUT2D eigenvalue weighted by molar-refractivity contribution is 0.380. The van der Waals surface area contributed by atoms with E-state index in [1.807, 2.05) is 13.8 Å². The highest BCUT2D eigenvalue weighted by molar-refractivity contribution is 7.91. The summed E-state index contributed by atoms with van der Waals surface area (Å²) in [6, 6.07) is 3.34. The molecule has 8 nitrogen and oxygen atoms in total. The van der Waals surface area contributed by atoms with E-state index in [1.165, 1.54) is 15.6 Å². The number of hydrogen-bond acceptors (Lipinski definition) is 6. The molecule has 0 atom stereocenters. The van der Waals surface area contributed by atoms with Crippen LogP contribution in [0.25, 0.3) is 0 Å². The van der Waals surface area contributed by atoms with Crippen LogP contribution in [0, 0.1) is 0 Å². The molecule has 0 saturated carbocycles. The number of thiophene rings is 1. The molecule has 150 valence electrons. The van der Waals surface area contributed by atoms with Gasteiger partial charge in [-0.05, 0) is 17.9 Å². The summed E-state index contributed by atoms with van der Waals surface area (Å²) in [5.41, 5.74) is 2.00. The van der Waals surface area contributed by atoms with Crippen molar-refractivity contribution in [3.63, 3.8) is 0 Å². The van der Waals surface area contributed by atoms with Gasteiger partial charge in [-0.25, -0.2) is 8.42 Å². The van der Waals surface area contributed by atoms with Crippen molar-refractivity contribution < 1.29 is 12.9 Å². The zero-order chi connectivity index (χ0) is 19.9. The summed E-state index contributed by atoms with van der Waals surface area (Å²) in [6.45, 7) is 5.39. The number of aryl methyl sites for hydroxylation is 2. The van der Waals surface area contributed by atoms with Gasteiger partial charge in [0.2, 0.25) is 0 Å². The van der Waals surface area contributed by atoms with E-state index in [0.717, 1.165) is 29.9 Å². The van der Waals surface area contributed by atoms with Crippen LogP contribution in [0.4, 0.5) is 0 Å². The minimum Gasteiger partial charge on any atom is -0.361 e. The van der Waals surface area contributed by atoms with Gasteiger partial charge in [0, 0.05) is 45.7 Å². The van der Waals surface area contributed by atoms with Gasteiger partial charge in [-0.15, -0.1) is 11.3 Å². The lowest BCUT2D eigenvalue weighted by atomic mass is 10.1. The fourth-order valence-corrected chi connectivity index (χ4v) is 4.92. The standard InChI is InChI=1S/C17H27N5O3S2/c1-5-14-13(15(6-2)25-21-14)12-20-17(18-3)19-9-10-22(4)27(23,24)16-8-7-11-26-16/h7-8,11H,5-6,9-10,12H2,1-4H3,(H2,18,19,20). The molecule has 0 radical (unpaired) electrons. The molecule has 0 aliphatic heterocycles. The molecule has 0 spiro atoms. The van der Waals surface area contributed by atoms with Gasteiger partial charge in [-0.1, -0.05) is 25.1 Å². The lowest BCUT2D eigenvalue weighted by Gasteiger charge is -2.17. The van der Waals surface area contributed by atoms with E-state index < -0.39 is 10.0 Å². The van der Waals surface area contributed by atoms with Crippen molar-refractivity contribution in [2.45, 2.75) is 37.4 Å². The predicted molar refractivity (Wildman–Crippen MR) is 108 cm³/mol. The number of aromatic nitrogens is 1. The highest BCUT2D eigenvalue weighted by Crippen LogP contribution is 2.19. The normalized spacial score (nSPS) is 12.6. The van der Waals surface area contributed by atoms with Gasteiger partial charge in [0.15, 0.2) is 5.96 Å². The Bertz CT molecular complexity index is 823. The van der Waals surface area contributed by atoms with E-state index in [-0.39, 0.29) is 0 Å². The predicted octanol–water partition coefficient (Wildman–Crippen LogP) is 1.85. The summed E-state index contributed by atoms with van der Waals surface area (Å²) in [5.74, 6) is 1.47. The Hall–Kier alpha value is -1.91. The van der Waals surface area contributed by atoms with E-state index in [9.17, 15) is 8.42 Å². The van der Waals surface area contributed by atoms with Gasteiger partial charge in [-0.2, -0.15) is 4.31 Å². The average Bonchev–Trinajstić information content (AvgIpc) is 3.33. The molecule has 0 aliphatic carbocycles. The number of rotatable bonds is 9. The Labute approximate surface area is 164 Å². The maximum atomic E-state index is 12.4. The van der Waals surface area contributed by atoms with Crippen molar-refractivity contribution in [1.29, 1.82) is 0 Å². The molecule has 0 amide bonds. The molecular weight excluding hydrogens is 386 g/mol. The Kier molecular flexibility index (Phi) is 7.81. The fourth-order valence-electron chi connectivity index (χ4n) is 2.55. The third kappa shape index (κ3) is 5.30. The highest BCUT2D eigenvalue weighted by Gasteiger charge is 2.21. The third-order valence-corrected chi connectivity index (χ3v) is 7.37. The first-order chi connectivity index (χ1) is 12.9.